The lowest BCUT2D eigenvalue weighted by Gasteiger charge is -2.14. The minimum absolute atomic E-state index is 0.0866. The molecule has 4 heteroatoms. The van der Waals surface area contributed by atoms with Crippen LogP contribution in [-0.2, 0) is 4.74 Å². The number of unbranched alkanes of at least 4 members (excludes halogenated alkanes) is 1. The molecule has 0 heterocycles. The maximum Gasteiger partial charge on any atom is 0.0698 e. The Labute approximate surface area is 98.6 Å². The quantitative estimate of drug-likeness (QED) is 0.553. The second kappa shape index (κ2) is 9.59. The summed E-state index contributed by atoms with van der Waals surface area (Å²) in [5.74, 6) is 0. The van der Waals surface area contributed by atoms with Gasteiger partial charge < -0.3 is 15.2 Å². The Bertz CT molecular complexity index is 200. The Morgan fingerprint density at radius 2 is 2.00 bits per heavy atom. The summed E-state index contributed by atoms with van der Waals surface area (Å²) < 4.78 is 5.11. The van der Waals surface area contributed by atoms with E-state index in [-0.39, 0.29) is 12.0 Å². The number of ether oxygens (including phenoxy) is 1. The van der Waals surface area contributed by atoms with Gasteiger partial charge >= 0.3 is 0 Å². The SMILES string of the molecule is CC(C)(C#N)CCCCNCCOCCO. The second-order valence-corrected chi connectivity index (χ2v) is 4.54. The fourth-order valence-electron chi connectivity index (χ4n) is 1.31. The zero-order valence-electron chi connectivity index (χ0n) is 10.5. The van der Waals surface area contributed by atoms with E-state index >= 15 is 0 Å². The normalized spacial score (nSPS) is 11.4. The molecule has 0 aromatic heterocycles. The maximum atomic E-state index is 8.81. The Balaban J connectivity index is 3.14. The Morgan fingerprint density at radius 1 is 1.25 bits per heavy atom. The van der Waals surface area contributed by atoms with E-state index in [1.165, 1.54) is 0 Å². The monoisotopic (exact) mass is 228 g/mol. The van der Waals surface area contributed by atoms with Gasteiger partial charge in [0.15, 0.2) is 0 Å². The second-order valence-electron chi connectivity index (χ2n) is 4.54. The summed E-state index contributed by atoms with van der Waals surface area (Å²) >= 11 is 0. The summed E-state index contributed by atoms with van der Waals surface area (Å²) in [4.78, 5) is 0. The van der Waals surface area contributed by atoms with Crippen molar-refractivity contribution in [3.05, 3.63) is 0 Å². The third-order valence-corrected chi connectivity index (χ3v) is 2.37. The van der Waals surface area contributed by atoms with E-state index in [0.717, 1.165) is 32.4 Å². The predicted octanol–water partition coefficient (Wildman–Crippen LogP) is 1.30. The molecule has 0 unspecified atom stereocenters. The first-order valence-electron chi connectivity index (χ1n) is 5.93. The Hall–Kier alpha value is -0.630. The van der Waals surface area contributed by atoms with Gasteiger partial charge in [0.2, 0.25) is 0 Å². The van der Waals surface area contributed by atoms with Gasteiger partial charge in [-0.05, 0) is 33.2 Å². The average Bonchev–Trinajstić information content (AvgIpc) is 2.27. The minimum atomic E-state index is -0.190. The molecule has 0 spiro atoms. The van der Waals surface area contributed by atoms with Crippen molar-refractivity contribution in [3.8, 4) is 6.07 Å². The lowest BCUT2D eigenvalue weighted by atomic mass is 9.89. The topological polar surface area (TPSA) is 65.3 Å². The smallest absolute Gasteiger partial charge is 0.0698 e. The first-order valence-corrected chi connectivity index (χ1v) is 5.93. The molecule has 0 aromatic rings. The van der Waals surface area contributed by atoms with Gasteiger partial charge in [-0.2, -0.15) is 5.26 Å². The highest BCUT2D eigenvalue weighted by atomic mass is 16.5. The van der Waals surface area contributed by atoms with Gasteiger partial charge in [-0.25, -0.2) is 0 Å². The molecule has 0 atom stereocenters. The molecule has 0 aliphatic carbocycles. The molecule has 0 fully saturated rings. The van der Waals surface area contributed by atoms with Crippen LogP contribution in [0.4, 0.5) is 0 Å². The van der Waals surface area contributed by atoms with Crippen LogP contribution in [0.1, 0.15) is 33.1 Å². The van der Waals surface area contributed by atoms with Crippen LogP contribution in [0.3, 0.4) is 0 Å². The van der Waals surface area contributed by atoms with Crippen LogP contribution >= 0.6 is 0 Å². The van der Waals surface area contributed by atoms with Gasteiger partial charge in [0, 0.05) is 6.54 Å². The Morgan fingerprint density at radius 3 is 2.62 bits per heavy atom. The lowest BCUT2D eigenvalue weighted by Crippen LogP contribution is -2.21. The van der Waals surface area contributed by atoms with Gasteiger partial charge in [-0.1, -0.05) is 6.42 Å². The van der Waals surface area contributed by atoms with Gasteiger partial charge in [0.1, 0.15) is 0 Å². The Kier molecular flexibility index (Phi) is 9.21. The third-order valence-electron chi connectivity index (χ3n) is 2.37. The van der Waals surface area contributed by atoms with E-state index in [4.69, 9.17) is 15.1 Å². The van der Waals surface area contributed by atoms with Crippen LogP contribution in [0.15, 0.2) is 0 Å². The molecule has 0 aromatic carbocycles. The van der Waals surface area contributed by atoms with Crippen LogP contribution in [-0.4, -0.2) is 38.0 Å². The van der Waals surface area contributed by atoms with E-state index in [2.05, 4.69) is 11.4 Å². The summed E-state index contributed by atoms with van der Waals surface area (Å²) in [5.41, 5.74) is -0.190. The van der Waals surface area contributed by atoms with Crippen molar-refractivity contribution < 1.29 is 9.84 Å². The molecule has 0 bridgehead atoms. The van der Waals surface area contributed by atoms with Crippen LogP contribution < -0.4 is 5.32 Å². The van der Waals surface area contributed by atoms with Crippen LogP contribution in [0.25, 0.3) is 0 Å². The largest absolute Gasteiger partial charge is 0.394 e. The molecule has 2 N–H and O–H groups in total. The number of nitrogens with zero attached hydrogens (tertiary/aromatic N) is 1. The maximum absolute atomic E-state index is 8.81. The first-order chi connectivity index (χ1) is 7.62. The molecule has 4 nitrogen and oxygen atoms in total. The summed E-state index contributed by atoms with van der Waals surface area (Å²) in [6.07, 6.45) is 3.11. The fraction of sp³-hybridized carbons (Fsp3) is 0.917. The number of nitriles is 1. The lowest BCUT2D eigenvalue weighted by molar-refractivity contribution is 0.0939. The number of rotatable bonds is 10. The molecule has 94 valence electrons. The van der Waals surface area contributed by atoms with E-state index in [1.54, 1.807) is 0 Å². The van der Waals surface area contributed by atoms with Crippen LogP contribution in [0.5, 0.6) is 0 Å². The highest BCUT2D eigenvalue weighted by Crippen LogP contribution is 2.21. The summed E-state index contributed by atoms with van der Waals surface area (Å²) in [5, 5.41) is 20.5. The van der Waals surface area contributed by atoms with Crippen molar-refractivity contribution >= 4 is 0 Å². The van der Waals surface area contributed by atoms with Gasteiger partial charge in [0.25, 0.3) is 0 Å². The molecule has 0 radical (unpaired) electrons. The van der Waals surface area contributed by atoms with E-state index in [1.807, 2.05) is 13.8 Å². The highest BCUT2D eigenvalue weighted by Gasteiger charge is 2.14. The summed E-state index contributed by atoms with van der Waals surface area (Å²) in [6, 6.07) is 2.30. The zero-order valence-corrected chi connectivity index (χ0v) is 10.5. The minimum Gasteiger partial charge on any atom is -0.394 e. The summed E-state index contributed by atoms with van der Waals surface area (Å²) in [6.45, 7) is 6.88. The fourth-order valence-corrected chi connectivity index (χ4v) is 1.31. The van der Waals surface area contributed by atoms with Crippen molar-refractivity contribution in [2.24, 2.45) is 5.41 Å². The van der Waals surface area contributed by atoms with Crippen molar-refractivity contribution in [3.63, 3.8) is 0 Å². The number of hydrogen-bond acceptors (Lipinski definition) is 4. The van der Waals surface area contributed by atoms with Gasteiger partial charge in [-0.3, -0.25) is 0 Å². The molecule has 0 saturated carbocycles. The average molecular weight is 228 g/mol. The number of aliphatic hydroxyl groups excluding tert-OH is 1. The summed E-state index contributed by atoms with van der Waals surface area (Å²) in [7, 11) is 0. The zero-order chi connectivity index (χ0) is 12.3. The number of aliphatic hydroxyl groups is 1. The molecule has 0 aliphatic rings. The van der Waals surface area contributed by atoms with Crippen molar-refractivity contribution in [1.29, 1.82) is 5.26 Å². The predicted molar refractivity (Wildman–Crippen MR) is 64.0 cm³/mol. The molecule has 0 amide bonds. The molecule has 0 saturated heterocycles. The number of nitrogens with one attached hydrogen (secondary N) is 1. The molecular weight excluding hydrogens is 204 g/mol. The molecular formula is C12H24N2O2. The highest BCUT2D eigenvalue weighted by molar-refractivity contribution is 4.91. The van der Waals surface area contributed by atoms with Crippen LogP contribution in [0.2, 0.25) is 0 Å². The van der Waals surface area contributed by atoms with Gasteiger partial charge in [0.05, 0.1) is 31.3 Å². The third kappa shape index (κ3) is 9.91. The van der Waals surface area contributed by atoms with Crippen molar-refractivity contribution in [2.75, 3.05) is 32.9 Å². The van der Waals surface area contributed by atoms with Crippen molar-refractivity contribution in [2.45, 2.75) is 33.1 Å². The van der Waals surface area contributed by atoms with E-state index in [9.17, 15) is 0 Å². The van der Waals surface area contributed by atoms with Crippen molar-refractivity contribution in [1.82, 2.24) is 5.32 Å². The molecule has 16 heavy (non-hydrogen) atoms. The van der Waals surface area contributed by atoms with Crippen LogP contribution in [0, 0.1) is 16.7 Å². The van der Waals surface area contributed by atoms with Gasteiger partial charge in [-0.15, -0.1) is 0 Å². The molecule has 0 aliphatic heterocycles. The molecule has 0 rings (SSSR count). The van der Waals surface area contributed by atoms with E-state index < -0.39 is 0 Å². The number of hydrogen-bond donors (Lipinski definition) is 2. The standard InChI is InChI=1S/C12H24N2O2/c1-12(2,11-13)5-3-4-6-14-7-9-16-10-8-15/h14-15H,3-10H2,1-2H3. The van der Waals surface area contributed by atoms with E-state index in [0.29, 0.717) is 13.2 Å². The first kappa shape index (κ1) is 15.4.